The average Bonchev–Trinajstić information content (AvgIpc) is 2.83. The molecule has 70 valence electrons. The van der Waals surface area contributed by atoms with Crippen molar-refractivity contribution in [3.05, 3.63) is 33.8 Å². The first-order valence-electron chi connectivity index (χ1n) is 4.24. The van der Waals surface area contributed by atoms with Gasteiger partial charge in [0.25, 0.3) is 0 Å². The molecular formula is C10H9Cl3. The molecule has 0 saturated heterocycles. The second kappa shape index (κ2) is 3.68. The summed E-state index contributed by atoms with van der Waals surface area (Å²) in [5.74, 6) is 1.75. The van der Waals surface area contributed by atoms with Gasteiger partial charge in [-0.3, -0.25) is 0 Å². The van der Waals surface area contributed by atoms with Crippen LogP contribution in [0.1, 0.15) is 17.9 Å². The van der Waals surface area contributed by atoms with E-state index in [1.54, 1.807) is 0 Å². The van der Waals surface area contributed by atoms with Crippen molar-refractivity contribution in [2.45, 2.75) is 12.3 Å². The molecule has 0 aliphatic heterocycles. The topological polar surface area (TPSA) is 0 Å². The average molecular weight is 236 g/mol. The van der Waals surface area contributed by atoms with E-state index >= 15 is 0 Å². The fraction of sp³-hybridized carbons (Fsp3) is 0.400. The molecule has 0 amide bonds. The Morgan fingerprint density at radius 1 is 1.23 bits per heavy atom. The maximum atomic E-state index is 6.06. The molecule has 1 aliphatic rings. The number of rotatable bonds is 2. The van der Waals surface area contributed by atoms with Crippen molar-refractivity contribution in [1.29, 1.82) is 0 Å². The summed E-state index contributed by atoms with van der Waals surface area (Å²) in [6, 6.07) is 5.63. The van der Waals surface area contributed by atoms with Crippen LogP contribution in [0.2, 0.25) is 10.0 Å². The quantitative estimate of drug-likeness (QED) is 0.669. The van der Waals surface area contributed by atoms with E-state index in [4.69, 9.17) is 34.8 Å². The van der Waals surface area contributed by atoms with E-state index in [0.717, 1.165) is 22.0 Å². The zero-order valence-electron chi connectivity index (χ0n) is 6.93. The van der Waals surface area contributed by atoms with Crippen molar-refractivity contribution >= 4 is 34.8 Å². The molecule has 0 radical (unpaired) electrons. The summed E-state index contributed by atoms with van der Waals surface area (Å²) in [6.45, 7) is 0. The lowest BCUT2D eigenvalue weighted by Crippen LogP contribution is -1.87. The first kappa shape index (κ1) is 9.64. The van der Waals surface area contributed by atoms with Gasteiger partial charge in [0.1, 0.15) is 0 Å². The molecule has 1 aliphatic carbocycles. The second-order valence-electron chi connectivity index (χ2n) is 3.39. The maximum Gasteiger partial charge on any atom is 0.0455 e. The molecule has 3 heteroatoms. The normalized spacial score (nSPS) is 26.1. The lowest BCUT2D eigenvalue weighted by atomic mass is 10.1. The SMILES string of the molecule is ClCC1CC1c1c(Cl)cccc1Cl. The van der Waals surface area contributed by atoms with Gasteiger partial charge in [-0.1, -0.05) is 29.3 Å². The fourth-order valence-corrected chi connectivity index (χ4v) is 2.66. The molecule has 2 atom stereocenters. The van der Waals surface area contributed by atoms with E-state index in [2.05, 4.69) is 0 Å². The van der Waals surface area contributed by atoms with Crippen molar-refractivity contribution in [3.8, 4) is 0 Å². The molecule has 2 unspecified atom stereocenters. The smallest absolute Gasteiger partial charge is 0.0455 e. The predicted octanol–water partition coefficient (Wildman–Crippen LogP) is 4.34. The highest BCUT2D eigenvalue weighted by atomic mass is 35.5. The van der Waals surface area contributed by atoms with Crippen LogP contribution in [0.3, 0.4) is 0 Å². The van der Waals surface area contributed by atoms with Gasteiger partial charge in [0.15, 0.2) is 0 Å². The highest BCUT2D eigenvalue weighted by Crippen LogP contribution is 2.52. The van der Waals surface area contributed by atoms with Crippen molar-refractivity contribution in [1.82, 2.24) is 0 Å². The van der Waals surface area contributed by atoms with E-state index in [-0.39, 0.29) is 0 Å². The van der Waals surface area contributed by atoms with Crippen LogP contribution in [0.25, 0.3) is 0 Å². The number of hydrogen-bond donors (Lipinski definition) is 0. The first-order chi connectivity index (χ1) is 6.24. The van der Waals surface area contributed by atoms with Gasteiger partial charge in [-0.15, -0.1) is 11.6 Å². The Balaban J connectivity index is 2.30. The van der Waals surface area contributed by atoms with Crippen LogP contribution in [-0.2, 0) is 0 Å². The largest absolute Gasteiger partial charge is 0.126 e. The monoisotopic (exact) mass is 234 g/mol. The Labute approximate surface area is 92.8 Å². The van der Waals surface area contributed by atoms with Gasteiger partial charge in [0.05, 0.1) is 0 Å². The van der Waals surface area contributed by atoms with Gasteiger partial charge in [0, 0.05) is 15.9 Å². The Hall–Kier alpha value is 0.0900. The zero-order chi connectivity index (χ0) is 9.42. The van der Waals surface area contributed by atoms with Crippen molar-refractivity contribution in [3.63, 3.8) is 0 Å². The Morgan fingerprint density at radius 3 is 2.31 bits per heavy atom. The first-order valence-corrected chi connectivity index (χ1v) is 5.53. The molecule has 1 saturated carbocycles. The molecule has 0 nitrogen and oxygen atoms in total. The minimum atomic E-state index is 0.485. The summed E-state index contributed by atoms with van der Waals surface area (Å²) < 4.78 is 0. The minimum absolute atomic E-state index is 0.485. The van der Waals surface area contributed by atoms with E-state index in [1.807, 2.05) is 18.2 Å². The van der Waals surface area contributed by atoms with Gasteiger partial charge in [0.2, 0.25) is 0 Å². The van der Waals surface area contributed by atoms with Gasteiger partial charge < -0.3 is 0 Å². The summed E-state index contributed by atoms with van der Waals surface area (Å²) >= 11 is 17.9. The Bertz CT molecular complexity index is 302. The van der Waals surface area contributed by atoms with Crippen LogP contribution in [0.15, 0.2) is 18.2 Å². The summed E-state index contributed by atoms with van der Waals surface area (Å²) in [4.78, 5) is 0. The molecular weight excluding hydrogens is 226 g/mol. The van der Waals surface area contributed by atoms with Crippen LogP contribution >= 0.6 is 34.8 Å². The van der Waals surface area contributed by atoms with Crippen LogP contribution < -0.4 is 0 Å². The molecule has 0 heterocycles. The Morgan fingerprint density at radius 2 is 1.85 bits per heavy atom. The number of benzene rings is 1. The molecule has 0 aromatic heterocycles. The van der Waals surface area contributed by atoms with E-state index < -0.39 is 0 Å². The summed E-state index contributed by atoms with van der Waals surface area (Å²) in [5, 5.41) is 1.54. The van der Waals surface area contributed by atoms with Crippen LogP contribution in [0, 0.1) is 5.92 Å². The fourth-order valence-electron chi connectivity index (χ4n) is 1.64. The van der Waals surface area contributed by atoms with Crippen molar-refractivity contribution in [2.24, 2.45) is 5.92 Å². The van der Waals surface area contributed by atoms with Gasteiger partial charge in [-0.2, -0.15) is 0 Å². The van der Waals surface area contributed by atoms with E-state index in [9.17, 15) is 0 Å². The molecule has 2 rings (SSSR count). The van der Waals surface area contributed by atoms with Crippen molar-refractivity contribution < 1.29 is 0 Å². The highest BCUT2D eigenvalue weighted by Gasteiger charge is 2.39. The third-order valence-corrected chi connectivity index (χ3v) is 3.55. The molecule has 13 heavy (non-hydrogen) atoms. The van der Waals surface area contributed by atoms with Crippen LogP contribution in [-0.4, -0.2) is 5.88 Å². The lowest BCUT2D eigenvalue weighted by molar-refractivity contribution is 0.923. The lowest BCUT2D eigenvalue weighted by Gasteiger charge is -2.04. The summed E-state index contributed by atoms with van der Waals surface area (Å²) in [5.41, 5.74) is 1.08. The third kappa shape index (κ3) is 1.81. The zero-order valence-corrected chi connectivity index (χ0v) is 9.20. The molecule has 1 fully saturated rings. The predicted molar refractivity (Wildman–Crippen MR) is 58.0 cm³/mol. The standard InChI is InChI=1S/C10H9Cl3/c11-5-6-4-7(6)10-8(12)2-1-3-9(10)13/h1-3,6-7H,4-5H2. The van der Waals surface area contributed by atoms with E-state index in [0.29, 0.717) is 17.7 Å². The van der Waals surface area contributed by atoms with Gasteiger partial charge in [-0.05, 0) is 36.0 Å². The van der Waals surface area contributed by atoms with Crippen LogP contribution in [0.4, 0.5) is 0 Å². The van der Waals surface area contributed by atoms with Gasteiger partial charge in [-0.25, -0.2) is 0 Å². The molecule has 1 aromatic rings. The van der Waals surface area contributed by atoms with Crippen molar-refractivity contribution in [2.75, 3.05) is 5.88 Å². The minimum Gasteiger partial charge on any atom is -0.126 e. The summed E-state index contributed by atoms with van der Waals surface area (Å²) in [6.07, 6.45) is 1.12. The highest BCUT2D eigenvalue weighted by molar-refractivity contribution is 6.36. The number of halogens is 3. The van der Waals surface area contributed by atoms with E-state index in [1.165, 1.54) is 0 Å². The maximum absolute atomic E-state index is 6.06. The second-order valence-corrected chi connectivity index (χ2v) is 4.51. The van der Waals surface area contributed by atoms with Crippen LogP contribution in [0.5, 0.6) is 0 Å². The number of hydrogen-bond acceptors (Lipinski definition) is 0. The third-order valence-electron chi connectivity index (χ3n) is 2.49. The molecule has 1 aromatic carbocycles. The molecule has 0 N–H and O–H groups in total. The molecule has 0 spiro atoms. The molecule has 0 bridgehead atoms. The van der Waals surface area contributed by atoms with Gasteiger partial charge >= 0.3 is 0 Å². The summed E-state index contributed by atoms with van der Waals surface area (Å²) in [7, 11) is 0. The Kier molecular flexibility index (Phi) is 2.73. The number of alkyl halides is 1.